The summed E-state index contributed by atoms with van der Waals surface area (Å²) < 4.78 is 5.22. The van der Waals surface area contributed by atoms with E-state index in [9.17, 15) is 9.90 Å². The number of nitrogens with two attached hydrogens (primary N) is 1. The van der Waals surface area contributed by atoms with E-state index >= 15 is 0 Å². The number of aliphatic hydroxyl groups is 1. The van der Waals surface area contributed by atoms with E-state index in [4.69, 9.17) is 10.5 Å². The SMILES string of the molecule is COc1ccc(NC(=O)C(Nc2ccc(C(C)C)cc2)c2ccc(/C=C/C(O)Nc3ccccc3N)cc2)cc1. The second-order valence-electron chi connectivity index (χ2n) is 9.77. The topological polar surface area (TPSA) is 109 Å². The van der Waals surface area contributed by atoms with Crippen LogP contribution in [0.15, 0.2) is 103 Å². The Bertz CT molecular complexity index is 1420. The van der Waals surface area contributed by atoms with Crippen molar-refractivity contribution in [2.75, 3.05) is 28.8 Å². The zero-order chi connectivity index (χ0) is 28.5. The summed E-state index contributed by atoms with van der Waals surface area (Å²) in [5, 5.41) is 19.7. The number of hydrogen-bond donors (Lipinski definition) is 5. The van der Waals surface area contributed by atoms with Crippen LogP contribution in [0.25, 0.3) is 6.08 Å². The molecule has 206 valence electrons. The van der Waals surface area contributed by atoms with Gasteiger partial charge >= 0.3 is 0 Å². The Labute approximate surface area is 235 Å². The van der Waals surface area contributed by atoms with E-state index in [0.717, 1.165) is 16.8 Å². The smallest absolute Gasteiger partial charge is 0.251 e. The van der Waals surface area contributed by atoms with Crippen LogP contribution in [0, 0.1) is 0 Å². The lowest BCUT2D eigenvalue weighted by Gasteiger charge is -2.21. The van der Waals surface area contributed by atoms with Crippen molar-refractivity contribution in [1.82, 2.24) is 0 Å². The molecule has 4 aromatic carbocycles. The molecule has 0 aromatic heterocycles. The molecule has 7 nitrogen and oxygen atoms in total. The molecule has 0 radical (unpaired) electrons. The molecule has 0 aliphatic carbocycles. The van der Waals surface area contributed by atoms with Gasteiger partial charge in [-0.3, -0.25) is 4.79 Å². The molecular formula is C33H36N4O3. The van der Waals surface area contributed by atoms with Crippen LogP contribution < -0.4 is 26.4 Å². The summed E-state index contributed by atoms with van der Waals surface area (Å²) in [5.74, 6) is 0.943. The number of rotatable bonds is 11. The number of benzene rings is 4. The van der Waals surface area contributed by atoms with Crippen molar-refractivity contribution in [2.45, 2.75) is 32.0 Å². The minimum atomic E-state index is -0.914. The number of carbonyl (C=O) groups is 1. The Kier molecular flexibility index (Phi) is 9.44. The Hall–Kier alpha value is -4.75. The summed E-state index contributed by atoms with van der Waals surface area (Å²) in [5.41, 5.74) is 11.6. The summed E-state index contributed by atoms with van der Waals surface area (Å²) in [4.78, 5) is 13.5. The van der Waals surface area contributed by atoms with Crippen molar-refractivity contribution in [3.05, 3.63) is 120 Å². The molecule has 6 N–H and O–H groups in total. The molecule has 0 aliphatic rings. The fourth-order valence-corrected chi connectivity index (χ4v) is 4.16. The fourth-order valence-electron chi connectivity index (χ4n) is 4.16. The van der Waals surface area contributed by atoms with E-state index in [0.29, 0.717) is 28.7 Å². The van der Waals surface area contributed by atoms with Crippen molar-refractivity contribution >= 4 is 34.7 Å². The molecule has 0 fully saturated rings. The summed E-state index contributed by atoms with van der Waals surface area (Å²) in [7, 11) is 1.60. The highest BCUT2D eigenvalue weighted by Gasteiger charge is 2.21. The molecule has 2 unspecified atom stereocenters. The van der Waals surface area contributed by atoms with Crippen LogP contribution in [0.3, 0.4) is 0 Å². The predicted octanol–water partition coefficient (Wildman–Crippen LogP) is 6.64. The largest absolute Gasteiger partial charge is 0.497 e. The van der Waals surface area contributed by atoms with E-state index in [1.807, 2.05) is 72.8 Å². The third kappa shape index (κ3) is 7.65. The first-order valence-corrected chi connectivity index (χ1v) is 13.2. The molecule has 0 saturated carbocycles. The first kappa shape index (κ1) is 28.3. The third-order valence-corrected chi connectivity index (χ3v) is 6.51. The van der Waals surface area contributed by atoms with Gasteiger partial charge < -0.3 is 31.5 Å². The second-order valence-corrected chi connectivity index (χ2v) is 9.77. The van der Waals surface area contributed by atoms with Gasteiger partial charge in [0.1, 0.15) is 18.0 Å². The van der Waals surface area contributed by atoms with Crippen LogP contribution in [-0.4, -0.2) is 24.4 Å². The van der Waals surface area contributed by atoms with Gasteiger partial charge in [-0.1, -0.05) is 68.5 Å². The number of hydrogen-bond acceptors (Lipinski definition) is 6. The zero-order valence-electron chi connectivity index (χ0n) is 23.0. The Morgan fingerprint density at radius 1 is 0.825 bits per heavy atom. The Balaban J connectivity index is 1.51. The average molecular weight is 537 g/mol. The lowest BCUT2D eigenvalue weighted by atomic mass is 10.0. The number of anilines is 4. The van der Waals surface area contributed by atoms with Gasteiger partial charge in [-0.15, -0.1) is 0 Å². The van der Waals surface area contributed by atoms with Gasteiger partial charge in [0.15, 0.2) is 0 Å². The van der Waals surface area contributed by atoms with Crippen molar-refractivity contribution in [1.29, 1.82) is 0 Å². The number of nitrogen functional groups attached to an aromatic ring is 1. The van der Waals surface area contributed by atoms with Gasteiger partial charge in [0, 0.05) is 11.4 Å². The molecule has 0 spiro atoms. The molecule has 0 bridgehead atoms. The minimum absolute atomic E-state index is 0.193. The third-order valence-electron chi connectivity index (χ3n) is 6.51. The average Bonchev–Trinajstić information content (AvgIpc) is 2.97. The van der Waals surface area contributed by atoms with Gasteiger partial charge in [0.05, 0.1) is 18.5 Å². The molecule has 40 heavy (non-hydrogen) atoms. The van der Waals surface area contributed by atoms with Crippen molar-refractivity contribution in [2.24, 2.45) is 0 Å². The molecule has 1 amide bonds. The normalized spacial score (nSPS) is 12.6. The van der Waals surface area contributed by atoms with E-state index < -0.39 is 12.3 Å². The number of carbonyl (C=O) groups excluding carboxylic acids is 1. The standard InChI is InChI=1S/C33H36N4O3/c1-22(2)24-13-15-26(16-14-24)35-32(33(39)36-27-17-19-28(40-3)20-18-27)25-11-8-23(9-12-25)10-21-31(38)37-30-7-5-4-6-29(30)34/h4-22,31-32,35,37-38H,34H2,1-3H3,(H,36,39)/b21-10+. The maximum atomic E-state index is 13.5. The summed E-state index contributed by atoms with van der Waals surface area (Å²) >= 11 is 0. The van der Waals surface area contributed by atoms with Crippen LogP contribution in [0.4, 0.5) is 22.7 Å². The quantitative estimate of drug-likeness (QED) is 0.109. The maximum Gasteiger partial charge on any atom is 0.251 e. The highest BCUT2D eigenvalue weighted by atomic mass is 16.5. The molecule has 4 aromatic rings. The molecule has 4 rings (SSSR count). The maximum absolute atomic E-state index is 13.5. The number of para-hydroxylation sites is 2. The number of aliphatic hydroxyl groups excluding tert-OH is 1. The number of methoxy groups -OCH3 is 1. The van der Waals surface area contributed by atoms with Crippen LogP contribution in [0.5, 0.6) is 5.75 Å². The van der Waals surface area contributed by atoms with Crippen LogP contribution in [0.2, 0.25) is 0 Å². The van der Waals surface area contributed by atoms with Crippen molar-refractivity contribution in [3.63, 3.8) is 0 Å². The van der Waals surface area contributed by atoms with Crippen molar-refractivity contribution < 1.29 is 14.6 Å². The summed E-state index contributed by atoms with van der Waals surface area (Å²) in [6.45, 7) is 4.30. The van der Waals surface area contributed by atoms with Gasteiger partial charge in [-0.05, 0) is 77.2 Å². The van der Waals surface area contributed by atoms with E-state index in [1.165, 1.54) is 5.56 Å². The van der Waals surface area contributed by atoms with Crippen LogP contribution >= 0.6 is 0 Å². The van der Waals surface area contributed by atoms with Gasteiger partial charge in [-0.25, -0.2) is 0 Å². The first-order valence-electron chi connectivity index (χ1n) is 13.2. The van der Waals surface area contributed by atoms with E-state index in [2.05, 4.69) is 41.9 Å². The van der Waals surface area contributed by atoms with Crippen LogP contribution in [-0.2, 0) is 4.79 Å². The zero-order valence-corrected chi connectivity index (χ0v) is 23.0. The van der Waals surface area contributed by atoms with Gasteiger partial charge in [-0.2, -0.15) is 0 Å². The van der Waals surface area contributed by atoms with Gasteiger partial charge in [0.2, 0.25) is 0 Å². The fraction of sp³-hybridized carbons (Fsp3) is 0.182. The molecule has 0 heterocycles. The second kappa shape index (κ2) is 13.4. The predicted molar refractivity (Wildman–Crippen MR) is 164 cm³/mol. The lowest BCUT2D eigenvalue weighted by molar-refractivity contribution is -0.117. The molecule has 0 saturated heterocycles. The number of nitrogens with one attached hydrogen (secondary N) is 3. The highest BCUT2D eigenvalue weighted by molar-refractivity contribution is 5.97. The van der Waals surface area contributed by atoms with Crippen molar-refractivity contribution in [3.8, 4) is 5.75 Å². The minimum Gasteiger partial charge on any atom is -0.497 e. The van der Waals surface area contributed by atoms with Crippen LogP contribution in [0.1, 0.15) is 42.5 Å². The molecule has 2 atom stereocenters. The number of ether oxygens (including phenoxy) is 1. The van der Waals surface area contributed by atoms with E-state index in [-0.39, 0.29) is 5.91 Å². The summed E-state index contributed by atoms with van der Waals surface area (Å²) in [6.07, 6.45) is 2.54. The highest BCUT2D eigenvalue weighted by Crippen LogP contribution is 2.25. The lowest BCUT2D eigenvalue weighted by Crippen LogP contribution is -2.27. The van der Waals surface area contributed by atoms with E-state index in [1.54, 1.807) is 31.4 Å². The summed E-state index contributed by atoms with van der Waals surface area (Å²) in [6, 6.07) is 29.6. The Morgan fingerprint density at radius 3 is 2.08 bits per heavy atom. The van der Waals surface area contributed by atoms with Gasteiger partial charge in [0.25, 0.3) is 5.91 Å². The monoisotopic (exact) mass is 536 g/mol. The number of amides is 1. The molecular weight excluding hydrogens is 500 g/mol. The molecule has 7 heteroatoms. The Morgan fingerprint density at radius 2 is 1.45 bits per heavy atom. The first-order chi connectivity index (χ1) is 19.3. The molecule has 0 aliphatic heterocycles.